The molecular weight excluding hydrogens is 210 g/mol. The summed E-state index contributed by atoms with van der Waals surface area (Å²) in [6.07, 6.45) is 3.97. The van der Waals surface area contributed by atoms with E-state index in [1.807, 2.05) is 16.9 Å². The normalized spacial score (nSPS) is 12.6. The van der Waals surface area contributed by atoms with Gasteiger partial charge in [0.15, 0.2) is 0 Å². The lowest BCUT2D eigenvalue weighted by atomic mass is 10.1. The number of rotatable bonds is 5. The van der Waals surface area contributed by atoms with E-state index in [1.165, 1.54) is 11.1 Å². The van der Waals surface area contributed by atoms with Crippen LogP contribution in [0.2, 0.25) is 0 Å². The van der Waals surface area contributed by atoms with Gasteiger partial charge in [-0.05, 0) is 24.6 Å². The molecule has 0 bridgehead atoms. The van der Waals surface area contributed by atoms with Gasteiger partial charge in [-0.2, -0.15) is 5.10 Å². The number of likely N-dealkylation sites (N-methyl/N-ethyl adjacent to an activating group) is 1. The van der Waals surface area contributed by atoms with Gasteiger partial charge in [0.2, 0.25) is 0 Å². The Bertz CT molecular complexity index is 448. The predicted octanol–water partition coefficient (Wildman–Crippen LogP) is 2.54. The second kappa shape index (κ2) is 5.64. The Kier molecular flexibility index (Phi) is 3.94. The van der Waals surface area contributed by atoms with E-state index >= 15 is 0 Å². The van der Waals surface area contributed by atoms with E-state index in [9.17, 15) is 0 Å². The molecule has 1 heterocycles. The van der Waals surface area contributed by atoms with Crippen molar-refractivity contribution in [3.63, 3.8) is 0 Å². The molecular formula is C14H19N3. The van der Waals surface area contributed by atoms with E-state index in [1.54, 1.807) is 0 Å². The van der Waals surface area contributed by atoms with Crippen molar-refractivity contribution >= 4 is 0 Å². The predicted molar refractivity (Wildman–Crippen MR) is 69.8 cm³/mol. The van der Waals surface area contributed by atoms with Crippen LogP contribution in [0.15, 0.2) is 42.7 Å². The van der Waals surface area contributed by atoms with Crippen molar-refractivity contribution < 1.29 is 0 Å². The SMILES string of the molecule is CCNC(Cn1cc(C)cn1)c1ccccc1. The third kappa shape index (κ3) is 3.17. The second-order valence-electron chi connectivity index (χ2n) is 4.26. The monoisotopic (exact) mass is 229 g/mol. The zero-order chi connectivity index (χ0) is 12.1. The molecule has 1 N–H and O–H groups in total. The molecule has 1 aromatic carbocycles. The van der Waals surface area contributed by atoms with E-state index in [0.29, 0.717) is 6.04 Å². The van der Waals surface area contributed by atoms with E-state index < -0.39 is 0 Å². The van der Waals surface area contributed by atoms with Crippen molar-refractivity contribution in [3.05, 3.63) is 53.9 Å². The molecule has 0 aliphatic rings. The molecule has 1 aromatic heterocycles. The Hall–Kier alpha value is -1.61. The highest BCUT2D eigenvalue weighted by Gasteiger charge is 2.10. The largest absolute Gasteiger partial charge is 0.309 e. The van der Waals surface area contributed by atoms with Gasteiger partial charge in [-0.3, -0.25) is 4.68 Å². The lowest BCUT2D eigenvalue weighted by molar-refractivity contribution is 0.448. The summed E-state index contributed by atoms with van der Waals surface area (Å²) in [6.45, 7) is 6.02. The standard InChI is InChI=1S/C14H19N3/c1-3-15-14(13-7-5-4-6-8-13)11-17-10-12(2)9-16-17/h4-10,14-15H,3,11H2,1-2H3. The van der Waals surface area contributed by atoms with Crippen molar-refractivity contribution in [1.82, 2.24) is 15.1 Å². The fourth-order valence-corrected chi connectivity index (χ4v) is 1.97. The molecule has 0 amide bonds. The number of aromatic nitrogens is 2. The summed E-state index contributed by atoms with van der Waals surface area (Å²) < 4.78 is 2.00. The molecule has 0 fully saturated rings. The van der Waals surface area contributed by atoms with Gasteiger partial charge >= 0.3 is 0 Å². The van der Waals surface area contributed by atoms with Gasteiger partial charge in [0, 0.05) is 6.20 Å². The van der Waals surface area contributed by atoms with Crippen molar-refractivity contribution in [1.29, 1.82) is 0 Å². The lowest BCUT2D eigenvalue weighted by Gasteiger charge is -2.18. The Labute approximate surface area is 102 Å². The average Bonchev–Trinajstić information content (AvgIpc) is 2.75. The van der Waals surface area contributed by atoms with Gasteiger partial charge < -0.3 is 5.32 Å². The minimum Gasteiger partial charge on any atom is -0.309 e. The number of nitrogens with one attached hydrogen (secondary N) is 1. The fourth-order valence-electron chi connectivity index (χ4n) is 1.97. The summed E-state index contributed by atoms with van der Waals surface area (Å²) in [5.74, 6) is 0. The van der Waals surface area contributed by atoms with Crippen LogP contribution >= 0.6 is 0 Å². The highest BCUT2D eigenvalue weighted by Crippen LogP contribution is 2.14. The molecule has 0 spiro atoms. The molecule has 2 rings (SSSR count). The molecule has 0 saturated carbocycles. The van der Waals surface area contributed by atoms with Gasteiger partial charge in [-0.1, -0.05) is 37.3 Å². The maximum Gasteiger partial charge on any atom is 0.0604 e. The maximum absolute atomic E-state index is 4.34. The molecule has 0 aliphatic heterocycles. The van der Waals surface area contributed by atoms with E-state index in [4.69, 9.17) is 0 Å². The third-order valence-corrected chi connectivity index (χ3v) is 2.78. The molecule has 90 valence electrons. The van der Waals surface area contributed by atoms with E-state index in [2.05, 4.69) is 54.7 Å². The molecule has 17 heavy (non-hydrogen) atoms. The van der Waals surface area contributed by atoms with Crippen LogP contribution in [0.1, 0.15) is 24.1 Å². The second-order valence-corrected chi connectivity index (χ2v) is 4.26. The number of hydrogen-bond donors (Lipinski definition) is 1. The summed E-state index contributed by atoms with van der Waals surface area (Å²) in [5, 5.41) is 7.84. The van der Waals surface area contributed by atoms with Crippen LogP contribution in [0.4, 0.5) is 0 Å². The zero-order valence-corrected chi connectivity index (χ0v) is 10.4. The first kappa shape index (κ1) is 11.9. The molecule has 0 saturated heterocycles. The lowest BCUT2D eigenvalue weighted by Crippen LogP contribution is -2.25. The topological polar surface area (TPSA) is 29.9 Å². The summed E-state index contributed by atoms with van der Waals surface area (Å²) in [4.78, 5) is 0. The fraction of sp³-hybridized carbons (Fsp3) is 0.357. The van der Waals surface area contributed by atoms with E-state index in [-0.39, 0.29) is 0 Å². The van der Waals surface area contributed by atoms with Crippen LogP contribution < -0.4 is 5.32 Å². The first-order chi connectivity index (χ1) is 8.29. The molecule has 2 aromatic rings. The smallest absolute Gasteiger partial charge is 0.0604 e. The third-order valence-electron chi connectivity index (χ3n) is 2.78. The Morgan fingerprint density at radius 1 is 1.29 bits per heavy atom. The van der Waals surface area contributed by atoms with Gasteiger partial charge in [-0.15, -0.1) is 0 Å². The van der Waals surface area contributed by atoms with Crippen molar-refractivity contribution in [3.8, 4) is 0 Å². The van der Waals surface area contributed by atoms with Gasteiger partial charge in [0.1, 0.15) is 0 Å². The summed E-state index contributed by atoms with van der Waals surface area (Å²) >= 11 is 0. The minimum atomic E-state index is 0.320. The molecule has 0 aliphatic carbocycles. The van der Waals surface area contributed by atoms with Crippen LogP contribution in [0.25, 0.3) is 0 Å². The molecule has 1 unspecified atom stereocenters. The van der Waals surface area contributed by atoms with Crippen LogP contribution in [-0.4, -0.2) is 16.3 Å². The Morgan fingerprint density at radius 2 is 2.06 bits per heavy atom. The highest BCUT2D eigenvalue weighted by atomic mass is 15.3. The zero-order valence-electron chi connectivity index (χ0n) is 10.4. The molecule has 3 heteroatoms. The van der Waals surface area contributed by atoms with Crippen molar-refractivity contribution in [2.24, 2.45) is 0 Å². The van der Waals surface area contributed by atoms with Gasteiger partial charge in [0.05, 0.1) is 18.8 Å². The van der Waals surface area contributed by atoms with Crippen LogP contribution in [0, 0.1) is 6.92 Å². The Balaban J connectivity index is 2.13. The van der Waals surface area contributed by atoms with Crippen LogP contribution in [0.5, 0.6) is 0 Å². The van der Waals surface area contributed by atoms with Gasteiger partial charge in [-0.25, -0.2) is 0 Å². The number of nitrogens with zero attached hydrogens (tertiary/aromatic N) is 2. The summed E-state index contributed by atoms with van der Waals surface area (Å²) in [6, 6.07) is 10.8. The van der Waals surface area contributed by atoms with Crippen LogP contribution in [0.3, 0.4) is 0 Å². The molecule has 1 atom stereocenters. The van der Waals surface area contributed by atoms with Gasteiger partial charge in [0.25, 0.3) is 0 Å². The maximum atomic E-state index is 4.34. The van der Waals surface area contributed by atoms with Crippen molar-refractivity contribution in [2.45, 2.75) is 26.4 Å². The number of benzene rings is 1. The minimum absolute atomic E-state index is 0.320. The van der Waals surface area contributed by atoms with E-state index in [0.717, 1.165) is 13.1 Å². The number of aryl methyl sites for hydroxylation is 1. The molecule has 0 radical (unpaired) electrons. The summed E-state index contributed by atoms with van der Waals surface area (Å²) in [7, 11) is 0. The highest BCUT2D eigenvalue weighted by molar-refractivity contribution is 5.18. The quantitative estimate of drug-likeness (QED) is 0.854. The Morgan fingerprint density at radius 3 is 2.65 bits per heavy atom. The van der Waals surface area contributed by atoms with Crippen molar-refractivity contribution in [2.75, 3.05) is 6.54 Å². The first-order valence-corrected chi connectivity index (χ1v) is 6.07. The van der Waals surface area contributed by atoms with Crippen LogP contribution in [-0.2, 0) is 6.54 Å². The average molecular weight is 229 g/mol. The first-order valence-electron chi connectivity index (χ1n) is 6.07. The number of hydrogen-bond acceptors (Lipinski definition) is 2. The molecule has 3 nitrogen and oxygen atoms in total. The summed E-state index contributed by atoms with van der Waals surface area (Å²) in [5.41, 5.74) is 2.51.